The van der Waals surface area contributed by atoms with E-state index in [0.717, 1.165) is 43.2 Å². The summed E-state index contributed by atoms with van der Waals surface area (Å²) in [6.45, 7) is 1.52. The van der Waals surface area contributed by atoms with Crippen LogP contribution in [0.15, 0.2) is 57.9 Å². The lowest BCUT2D eigenvalue weighted by Crippen LogP contribution is -2.35. The predicted octanol–water partition coefficient (Wildman–Crippen LogP) is 4.03. The van der Waals surface area contributed by atoms with Gasteiger partial charge in [-0.2, -0.15) is 0 Å². The van der Waals surface area contributed by atoms with Gasteiger partial charge >= 0.3 is 0 Å². The SMILES string of the molecule is O=C(COc1ccc(S(=O)(=O)Nc2ccc(Br)cc2)cc1)N1CCCCCC1. The van der Waals surface area contributed by atoms with Crippen molar-refractivity contribution in [3.8, 4) is 5.75 Å². The molecule has 1 aliphatic heterocycles. The Labute approximate surface area is 174 Å². The third-order valence-electron chi connectivity index (χ3n) is 4.55. The Kier molecular flexibility index (Phi) is 6.96. The summed E-state index contributed by atoms with van der Waals surface area (Å²) < 4.78 is 33.9. The summed E-state index contributed by atoms with van der Waals surface area (Å²) in [4.78, 5) is 14.2. The Balaban J connectivity index is 1.57. The third kappa shape index (κ3) is 5.72. The Morgan fingerprint density at radius 1 is 0.964 bits per heavy atom. The fourth-order valence-electron chi connectivity index (χ4n) is 3.00. The molecule has 28 heavy (non-hydrogen) atoms. The molecule has 1 heterocycles. The molecule has 0 unspecified atom stereocenters. The van der Waals surface area contributed by atoms with Crippen molar-refractivity contribution in [2.24, 2.45) is 0 Å². The molecule has 0 spiro atoms. The van der Waals surface area contributed by atoms with Crippen molar-refractivity contribution < 1.29 is 17.9 Å². The highest BCUT2D eigenvalue weighted by Crippen LogP contribution is 2.21. The molecule has 0 aliphatic carbocycles. The van der Waals surface area contributed by atoms with E-state index in [9.17, 15) is 13.2 Å². The van der Waals surface area contributed by atoms with E-state index in [2.05, 4.69) is 20.7 Å². The van der Waals surface area contributed by atoms with Crippen molar-refractivity contribution in [2.75, 3.05) is 24.4 Å². The molecule has 0 atom stereocenters. The first-order chi connectivity index (χ1) is 13.4. The topological polar surface area (TPSA) is 75.7 Å². The van der Waals surface area contributed by atoms with E-state index in [-0.39, 0.29) is 17.4 Å². The maximum atomic E-state index is 12.5. The highest BCUT2D eigenvalue weighted by Gasteiger charge is 2.17. The van der Waals surface area contributed by atoms with Gasteiger partial charge in [0.1, 0.15) is 5.75 Å². The van der Waals surface area contributed by atoms with Crippen molar-refractivity contribution in [3.05, 3.63) is 53.0 Å². The van der Waals surface area contributed by atoms with Gasteiger partial charge in [-0.15, -0.1) is 0 Å². The first-order valence-corrected chi connectivity index (χ1v) is 11.5. The highest BCUT2D eigenvalue weighted by atomic mass is 79.9. The molecule has 0 aromatic heterocycles. The molecule has 0 bridgehead atoms. The Morgan fingerprint density at radius 3 is 2.18 bits per heavy atom. The lowest BCUT2D eigenvalue weighted by Gasteiger charge is -2.20. The smallest absolute Gasteiger partial charge is 0.261 e. The molecule has 1 N–H and O–H groups in total. The van der Waals surface area contributed by atoms with E-state index in [1.54, 1.807) is 36.4 Å². The normalized spacial score (nSPS) is 15.0. The minimum absolute atomic E-state index is 0.0319. The molecule has 1 fully saturated rings. The molecular weight excluding hydrogens is 444 g/mol. The number of ether oxygens (including phenoxy) is 1. The summed E-state index contributed by atoms with van der Waals surface area (Å²) in [5.74, 6) is 0.432. The van der Waals surface area contributed by atoms with Gasteiger partial charge in [0, 0.05) is 23.2 Å². The molecule has 1 aliphatic rings. The van der Waals surface area contributed by atoms with Crippen molar-refractivity contribution in [2.45, 2.75) is 30.6 Å². The fraction of sp³-hybridized carbons (Fsp3) is 0.350. The van der Waals surface area contributed by atoms with Gasteiger partial charge < -0.3 is 9.64 Å². The molecule has 1 amide bonds. The van der Waals surface area contributed by atoms with Crippen molar-refractivity contribution >= 4 is 37.5 Å². The maximum absolute atomic E-state index is 12.5. The molecule has 2 aromatic rings. The van der Waals surface area contributed by atoms with Crippen LogP contribution in [-0.4, -0.2) is 38.9 Å². The molecule has 8 heteroatoms. The quantitative estimate of drug-likeness (QED) is 0.696. The Morgan fingerprint density at radius 2 is 1.57 bits per heavy atom. The minimum atomic E-state index is -3.69. The van der Waals surface area contributed by atoms with Crippen LogP contribution in [0, 0.1) is 0 Å². The standard InChI is InChI=1S/C20H23BrN2O4S/c21-16-5-7-17(8-6-16)22-28(25,26)19-11-9-18(10-12-19)27-15-20(24)23-13-3-1-2-4-14-23/h5-12,22H,1-4,13-15H2. The number of benzene rings is 2. The fourth-order valence-corrected chi connectivity index (χ4v) is 4.33. The predicted molar refractivity (Wildman–Crippen MR) is 112 cm³/mol. The molecule has 2 aromatic carbocycles. The van der Waals surface area contributed by atoms with Crippen molar-refractivity contribution in [3.63, 3.8) is 0 Å². The molecule has 150 valence electrons. The van der Waals surface area contributed by atoms with Gasteiger partial charge in [0.2, 0.25) is 0 Å². The second-order valence-electron chi connectivity index (χ2n) is 6.67. The lowest BCUT2D eigenvalue weighted by atomic mass is 10.2. The molecular formula is C20H23BrN2O4S. The number of amides is 1. The average Bonchev–Trinajstić information content (AvgIpc) is 2.98. The monoisotopic (exact) mass is 466 g/mol. The van der Waals surface area contributed by atoms with E-state index < -0.39 is 10.0 Å². The number of sulfonamides is 1. The molecule has 3 rings (SSSR count). The maximum Gasteiger partial charge on any atom is 0.261 e. The van der Waals surface area contributed by atoms with Crippen molar-refractivity contribution in [1.29, 1.82) is 0 Å². The number of hydrogen-bond donors (Lipinski definition) is 1. The second kappa shape index (κ2) is 9.43. The molecule has 6 nitrogen and oxygen atoms in total. The van der Waals surface area contributed by atoms with Crippen LogP contribution >= 0.6 is 15.9 Å². The summed E-state index contributed by atoms with van der Waals surface area (Å²) >= 11 is 3.31. The van der Waals surface area contributed by atoms with Crippen LogP contribution in [0.2, 0.25) is 0 Å². The van der Waals surface area contributed by atoms with Crippen LogP contribution < -0.4 is 9.46 Å². The van der Waals surface area contributed by atoms with Crippen LogP contribution in [-0.2, 0) is 14.8 Å². The van der Waals surface area contributed by atoms with Gasteiger partial charge in [-0.3, -0.25) is 9.52 Å². The van der Waals surface area contributed by atoms with Gasteiger partial charge in [-0.25, -0.2) is 8.42 Å². The van der Waals surface area contributed by atoms with Gasteiger partial charge in [0.05, 0.1) is 4.90 Å². The van der Waals surface area contributed by atoms with E-state index in [1.165, 1.54) is 12.1 Å². The van der Waals surface area contributed by atoms with E-state index in [1.807, 2.05) is 4.90 Å². The van der Waals surface area contributed by atoms with E-state index >= 15 is 0 Å². The van der Waals surface area contributed by atoms with Crippen molar-refractivity contribution in [1.82, 2.24) is 4.90 Å². The van der Waals surface area contributed by atoms with E-state index in [0.29, 0.717) is 11.4 Å². The lowest BCUT2D eigenvalue weighted by molar-refractivity contribution is -0.133. The summed E-state index contributed by atoms with van der Waals surface area (Å²) in [6.07, 6.45) is 4.39. The number of likely N-dealkylation sites (tertiary alicyclic amines) is 1. The summed E-state index contributed by atoms with van der Waals surface area (Å²) in [5.41, 5.74) is 0.478. The first-order valence-electron chi connectivity index (χ1n) is 9.23. The zero-order valence-electron chi connectivity index (χ0n) is 15.4. The van der Waals surface area contributed by atoms with Crippen LogP contribution in [0.3, 0.4) is 0 Å². The summed E-state index contributed by atoms with van der Waals surface area (Å²) in [5, 5.41) is 0. The molecule has 0 radical (unpaired) electrons. The van der Waals surface area contributed by atoms with Gasteiger partial charge in [0.15, 0.2) is 6.61 Å². The van der Waals surface area contributed by atoms with E-state index in [4.69, 9.17) is 4.74 Å². The number of halogens is 1. The Hall–Kier alpha value is -2.06. The summed E-state index contributed by atoms with van der Waals surface area (Å²) in [6, 6.07) is 12.9. The number of nitrogens with zero attached hydrogens (tertiary/aromatic N) is 1. The number of carbonyl (C=O) groups excluding carboxylic acids is 1. The number of hydrogen-bond acceptors (Lipinski definition) is 4. The third-order valence-corrected chi connectivity index (χ3v) is 6.48. The van der Waals surface area contributed by atoms with Crippen LogP contribution in [0.5, 0.6) is 5.75 Å². The van der Waals surface area contributed by atoms with Crippen LogP contribution in [0.4, 0.5) is 5.69 Å². The van der Waals surface area contributed by atoms with Crippen LogP contribution in [0.1, 0.15) is 25.7 Å². The summed E-state index contributed by atoms with van der Waals surface area (Å²) in [7, 11) is -3.69. The van der Waals surface area contributed by atoms with Crippen LogP contribution in [0.25, 0.3) is 0 Å². The van der Waals surface area contributed by atoms with Gasteiger partial charge in [-0.1, -0.05) is 28.8 Å². The zero-order chi connectivity index (χ0) is 20.0. The highest BCUT2D eigenvalue weighted by molar-refractivity contribution is 9.10. The minimum Gasteiger partial charge on any atom is -0.484 e. The number of carbonyl (C=O) groups is 1. The number of anilines is 1. The first kappa shape index (κ1) is 20.7. The number of rotatable bonds is 6. The molecule has 0 saturated carbocycles. The van der Waals surface area contributed by atoms with Gasteiger partial charge in [-0.05, 0) is 61.4 Å². The average molecular weight is 467 g/mol. The van der Waals surface area contributed by atoms with Gasteiger partial charge in [0.25, 0.3) is 15.9 Å². The molecule has 1 saturated heterocycles. The Bertz CT molecular complexity index is 891. The zero-order valence-corrected chi connectivity index (χ0v) is 17.8. The second-order valence-corrected chi connectivity index (χ2v) is 9.27. The number of nitrogens with one attached hydrogen (secondary N) is 1. The largest absolute Gasteiger partial charge is 0.484 e.